The van der Waals surface area contributed by atoms with Gasteiger partial charge >= 0.3 is 0 Å². The molecule has 112 valence electrons. The van der Waals surface area contributed by atoms with Crippen molar-refractivity contribution in [2.24, 2.45) is 5.92 Å². The molecule has 1 amide bonds. The van der Waals surface area contributed by atoms with E-state index in [0.717, 1.165) is 5.69 Å². The molecule has 0 saturated carbocycles. The Labute approximate surface area is 129 Å². The number of rotatable bonds is 4. The average molecular weight is 307 g/mol. The maximum absolute atomic E-state index is 12.3. The molecule has 6 heteroatoms. The zero-order valence-corrected chi connectivity index (χ0v) is 13.4. The molecule has 2 rings (SSSR count). The van der Waals surface area contributed by atoms with Crippen LogP contribution in [0.5, 0.6) is 0 Å². The first-order valence-corrected chi connectivity index (χ1v) is 7.21. The van der Waals surface area contributed by atoms with E-state index in [1.165, 1.54) is 0 Å². The molecule has 0 aliphatic rings. The van der Waals surface area contributed by atoms with E-state index < -0.39 is 0 Å². The van der Waals surface area contributed by atoms with Gasteiger partial charge in [-0.15, -0.1) is 5.10 Å². The van der Waals surface area contributed by atoms with E-state index in [0.29, 0.717) is 23.3 Å². The molecule has 0 bridgehead atoms. The number of carbonyl (C=O) groups is 1. The van der Waals surface area contributed by atoms with Crippen LogP contribution >= 0.6 is 11.6 Å². The highest BCUT2D eigenvalue weighted by Gasteiger charge is 2.19. The maximum atomic E-state index is 12.3. The zero-order chi connectivity index (χ0) is 15.6. The van der Waals surface area contributed by atoms with E-state index in [-0.39, 0.29) is 11.7 Å². The van der Waals surface area contributed by atoms with Gasteiger partial charge in [-0.25, -0.2) is 9.67 Å². The minimum absolute atomic E-state index is 0.167. The molecule has 0 N–H and O–H groups in total. The minimum atomic E-state index is -0.167. The summed E-state index contributed by atoms with van der Waals surface area (Å²) in [6.45, 7) is 6.62. The lowest BCUT2D eigenvalue weighted by Gasteiger charge is -2.17. The monoisotopic (exact) mass is 306 g/mol. The van der Waals surface area contributed by atoms with E-state index in [4.69, 9.17) is 11.6 Å². The number of hydrogen-bond acceptors (Lipinski definition) is 3. The van der Waals surface area contributed by atoms with Gasteiger partial charge in [0.1, 0.15) is 5.82 Å². The van der Waals surface area contributed by atoms with Gasteiger partial charge in [0.05, 0.1) is 5.69 Å². The SMILES string of the molecule is Cc1nc(C(=O)N(C)CC(C)C)nn1-c1ccc(Cl)cc1. The third kappa shape index (κ3) is 3.61. The average Bonchev–Trinajstić information content (AvgIpc) is 2.80. The number of amides is 1. The van der Waals surface area contributed by atoms with Crippen molar-refractivity contribution in [3.05, 3.63) is 40.9 Å². The van der Waals surface area contributed by atoms with Gasteiger partial charge in [0.15, 0.2) is 0 Å². The van der Waals surface area contributed by atoms with Crippen LogP contribution in [0.1, 0.15) is 30.3 Å². The summed E-state index contributed by atoms with van der Waals surface area (Å²) >= 11 is 5.88. The Balaban J connectivity index is 2.26. The van der Waals surface area contributed by atoms with Gasteiger partial charge in [0.2, 0.25) is 5.82 Å². The van der Waals surface area contributed by atoms with Crippen LogP contribution in [-0.2, 0) is 0 Å². The molecule has 2 aromatic rings. The summed E-state index contributed by atoms with van der Waals surface area (Å²) in [5.41, 5.74) is 0.829. The summed E-state index contributed by atoms with van der Waals surface area (Å²) in [5.74, 6) is 1.11. The fourth-order valence-electron chi connectivity index (χ4n) is 2.11. The van der Waals surface area contributed by atoms with Crippen LogP contribution in [0.2, 0.25) is 5.02 Å². The first kappa shape index (κ1) is 15.5. The predicted molar refractivity (Wildman–Crippen MR) is 82.9 cm³/mol. The van der Waals surface area contributed by atoms with E-state index >= 15 is 0 Å². The summed E-state index contributed by atoms with van der Waals surface area (Å²) in [6.07, 6.45) is 0. The zero-order valence-electron chi connectivity index (χ0n) is 12.7. The molecule has 0 atom stereocenters. The number of nitrogens with zero attached hydrogens (tertiary/aromatic N) is 4. The summed E-state index contributed by atoms with van der Waals surface area (Å²) in [7, 11) is 1.76. The number of halogens is 1. The highest BCUT2D eigenvalue weighted by Crippen LogP contribution is 2.14. The molecule has 0 fully saturated rings. The van der Waals surface area contributed by atoms with Gasteiger partial charge in [-0.3, -0.25) is 4.79 Å². The third-order valence-corrected chi connectivity index (χ3v) is 3.27. The van der Waals surface area contributed by atoms with Crippen LogP contribution in [0.15, 0.2) is 24.3 Å². The van der Waals surface area contributed by atoms with E-state index in [1.54, 1.807) is 28.8 Å². The van der Waals surface area contributed by atoms with Crippen LogP contribution < -0.4 is 0 Å². The van der Waals surface area contributed by atoms with E-state index in [1.807, 2.05) is 19.1 Å². The number of aryl methyl sites for hydroxylation is 1. The molecule has 5 nitrogen and oxygen atoms in total. The van der Waals surface area contributed by atoms with Gasteiger partial charge in [0.25, 0.3) is 5.91 Å². The lowest BCUT2D eigenvalue weighted by Crippen LogP contribution is -2.31. The second kappa shape index (κ2) is 6.26. The number of aromatic nitrogens is 3. The smallest absolute Gasteiger partial charge is 0.293 e. The fraction of sp³-hybridized carbons (Fsp3) is 0.400. The lowest BCUT2D eigenvalue weighted by atomic mass is 10.2. The topological polar surface area (TPSA) is 51.0 Å². The van der Waals surface area contributed by atoms with Crippen molar-refractivity contribution in [3.8, 4) is 5.69 Å². The molecule has 0 aliphatic carbocycles. The molecule has 1 heterocycles. The van der Waals surface area contributed by atoms with Crippen LogP contribution in [-0.4, -0.2) is 39.2 Å². The van der Waals surface area contributed by atoms with Crippen molar-refractivity contribution >= 4 is 17.5 Å². The van der Waals surface area contributed by atoms with Crippen molar-refractivity contribution < 1.29 is 4.79 Å². The first-order chi connectivity index (χ1) is 9.88. The summed E-state index contributed by atoms with van der Waals surface area (Å²) in [6, 6.07) is 7.25. The summed E-state index contributed by atoms with van der Waals surface area (Å²) in [5, 5.41) is 4.97. The Hall–Kier alpha value is -1.88. The molecule has 0 aliphatic heterocycles. The van der Waals surface area contributed by atoms with E-state index in [2.05, 4.69) is 23.9 Å². The number of hydrogen-bond donors (Lipinski definition) is 0. The molecule has 0 radical (unpaired) electrons. The van der Waals surface area contributed by atoms with Gasteiger partial charge in [-0.05, 0) is 37.1 Å². The van der Waals surface area contributed by atoms with Crippen molar-refractivity contribution in [1.82, 2.24) is 19.7 Å². The number of benzene rings is 1. The third-order valence-electron chi connectivity index (χ3n) is 3.02. The summed E-state index contributed by atoms with van der Waals surface area (Å²) < 4.78 is 1.65. The Bertz CT molecular complexity index is 634. The van der Waals surface area contributed by atoms with Crippen LogP contribution in [0, 0.1) is 12.8 Å². The van der Waals surface area contributed by atoms with Crippen molar-refractivity contribution in [1.29, 1.82) is 0 Å². The van der Waals surface area contributed by atoms with Gasteiger partial charge < -0.3 is 4.90 Å². The van der Waals surface area contributed by atoms with Gasteiger partial charge in [-0.1, -0.05) is 25.4 Å². The van der Waals surface area contributed by atoms with Crippen LogP contribution in [0.3, 0.4) is 0 Å². The van der Waals surface area contributed by atoms with Crippen molar-refractivity contribution in [2.45, 2.75) is 20.8 Å². The molecule has 1 aromatic carbocycles. The molecular weight excluding hydrogens is 288 g/mol. The Morgan fingerprint density at radius 2 is 1.95 bits per heavy atom. The second-order valence-electron chi connectivity index (χ2n) is 5.45. The molecular formula is C15H19ClN4O. The molecule has 0 spiro atoms. The molecule has 21 heavy (non-hydrogen) atoms. The highest BCUT2D eigenvalue weighted by atomic mass is 35.5. The van der Waals surface area contributed by atoms with Gasteiger partial charge in [-0.2, -0.15) is 0 Å². The summed E-state index contributed by atoms with van der Waals surface area (Å²) in [4.78, 5) is 18.2. The normalized spacial score (nSPS) is 11.0. The predicted octanol–water partition coefficient (Wildman–Crippen LogP) is 2.96. The highest BCUT2D eigenvalue weighted by molar-refractivity contribution is 6.30. The van der Waals surface area contributed by atoms with Gasteiger partial charge in [0, 0.05) is 18.6 Å². The molecule has 0 saturated heterocycles. The Morgan fingerprint density at radius 1 is 1.33 bits per heavy atom. The minimum Gasteiger partial charge on any atom is -0.339 e. The number of carbonyl (C=O) groups excluding carboxylic acids is 1. The quantitative estimate of drug-likeness (QED) is 0.872. The van der Waals surface area contributed by atoms with E-state index in [9.17, 15) is 4.79 Å². The fourth-order valence-corrected chi connectivity index (χ4v) is 2.23. The standard InChI is InChI=1S/C15H19ClN4O/c1-10(2)9-19(4)15(21)14-17-11(3)20(18-14)13-7-5-12(16)6-8-13/h5-8,10H,9H2,1-4H3. The van der Waals surface area contributed by atoms with Crippen LogP contribution in [0.4, 0.5) is 0 Å². The largest absolute Gasteiger partial charge is 0.339 e. The Morgan fingerprint density at radius 3 is 2.52 bits per heavy atom. The molecule has 1 aromatic heterocycles. The van der Waals surface area contributed by atoms with Crippen molar-refractivity contribution in [2.75, 3.05) is 13.6 Å². The van der Waals surface area contributed by atoms with Crippen LogP contribution in [0.25, 0.3) is 5.69 Å². The molecule has 0 unspecified atom stereocenters. The maximum Gasteiger partial charge on any atom is 0.293 e. The first-order valence-electron chi connectivity index (χ1n) is 6.83. The lowest BCUT2D eigenvalue weighted by molar-refractivity contribution is 0.0767. The Kier molecular flexibility index (Phi) is 4.63. The van der Waals surface area contributed by atoms with Crippen molar-refractivity contribution in [3.63, 3.8) is 0 Å². The second-order valence-corrected chi connectivity index (χ2v) is 5.89.